The van der Waals surface area contributed by atoms with E-state index in [4.69, 9.17) is 12.2 Å². The van der Waals surface area contributed by atoms with Gasteiger partial charge < -0.3 is 10.4 Å². The van der Waals surface area contributed by atoms with Crippen molar-refractivity contribution in [3.8, 4) is 0 Å². The molecule has 0 spiro atoms. The molecule has 1 amide bonds. The van der Waals surface area contributed by atoms with Gasteiger partial charge in [0, 0.05) is 23.8 Å². The minimum absolute atomic E-state index is 0.0327. The number of thiocarbonyl (C=S) groups is 1. The van der Waals surface area contributed by atoms with Crippen LogP contribution in [0.25, 0.3) is 0 Å². The first-order valence-corrected chi connectivity index (χ1v) is 8.91. The molecule has 4 nitrogen and oxygen atoms in total. The summed E-state index contributed by atoms with van der Waals surface area (Å²) in [5.74, 6) is -1.95. The molecule has 0 heterocycles. The summed E-state index contributed by atoms with van der Waals surface area (Å²) in [7, 11) is 0. The van der Waals surface area contributed by atoms with E-state index in [1.54, 1.807) is 37.3 Å². The summed E-state index contributed by atoms with van der Waals surface area (Å²) in [6.07, 6.45) is 0.0866. The Labute approximate surface area is 163 Å². The summed E-state index contributed by atoms with van der Waals surface area (Å²) >= 11 is 8.19. The third-order valence-electron chi connectivity index (χ3n) is 3.87. The third-order valence-corrected chi connectivity index (χ3v) is 4.68. The Morgan fingerprint density at radius 2 is 1.88 bits per heavy atom. The van der Waals surface area contributed by atoms with Crippen LogP contribution in [0.2, 0.25) is 0 Å². The highest BCUT2D eigenvalue weighted by Crippen LogP contribution is 2.31. The molecule has 2 rings (SSSR count). The number of aliphatic hydroxyl groups is 1. The summed E-state index contributed by atoms with van der Waals surface area (Å²) in [5.41, 5.74) is -0.636. The normalized spacial score (nSPS) is 13.0. The fourth-order valence-electron chi connectivity index (χ4n) is 2.48. The molecule has 0 aliphatic rings. The number of halogens is 3. The van der Waals surface area contributed by atoms with Gasteiger partial charge in [-0.2, -0.15) is 0 Å². The van der Waals surface area contributed by atoms with Crippen LogP contribution in [-0.2, 0) is 5.54 Å². The topological polar surface area (TPSA) is 61.4 Å². The molecule has 138 valence electrons. The highest BCUT2D eigenvalue weighted by Gasteiger charge is 2.31. The second kappa shape index (κ2) is 8.66. The lowest BCUT2D eigenvalue weighted by Crippen LogP contribution is -2.50. The molecule has 0 aliphatic heterocycles. The molecule has 3 N–H and O–H groups in total. The van der Waals surface area contributed by atoms with Gasteiger partial charge in [-0.1, -0.05) is 18.2 Å². The van der Waals surface area contributed by atoms with Crippen molar-refractivity contribution < 1.29 is 18.7 Å². The Hall–Kier alpha value is -1.90. The van der Waals surface area contributed by atoms with Gasteiger partial charge in [0.05, 0.1) is 10.0 Å². The molecule has 0 aromatic heterocycles. The van der Waals surface area contributed by atoms with E-state index in [9.17, 15) is 18.7 Å². The minimum atomic E-state index is -1.16. The highest BCUT2D eigenvalue weighted by atomic mass is 79.9. The molecule has 1 atom stereocenters. The number of benzene rings is 2. The Balaban J connectivity index is 2.23. The van der Waals surface area contributed by atoms with Gasteiger partial charge in [-0.3, -0.25) is 10.1 Å². The Bertz CT molecular complexity index is 820. The van der Waals surface area contributed by atoms with E-state index in [-0.39, 0.29) is 28.2 Å². The maximum Gasteiger partial charge on any atom is 0.257 e. The lowest BCUT2D eigenvalue weighted by Gasteiger charge is -2.32. The Morgan fingerprint density at radius 3 is 2.50 bits per heavy atom. The zero-order chi connectivity index (χ0) is 19.3. The molecule has 0 bridgehead atoms. The van der Waals surface area contributed by atoms with E-state index in [1.807, 2.05) is 0 Å². The predicted molar refractivity (Wildman–Crippen MR) is 103 cm³/mol. The smallest absolute Gasteiger partial charge is 0.257 e. The second-order valence-electron chi connectivity index (χ2n) is 5.83. The summed E-state index contributed by atoms with van der Waals surface area (Å²) < 4.78 is 27.9. The van der Waals surface area contributed by atoms with Crippen LogP contribution in [0.4, 0.5) is 8.78 Å². The number of hydrogen-bond acceptors (Lipinski definition) is 3. The van der Waals surface area contributed by atoms with Gasteiger partial charge in [0.25, 0.3) is 5.91 Å². The van der Waals surface area contributed by atoms with E-state index < -0.39 is 23.1 Å². The monoisotopic (exact) mass is 442 g/mol. The first kappa shape index (κ1) is 20.4. The van der Waals surface area contributed by atoms with Crippen LogP contribution >= 0.6 is 28.1 Å². The van der Waals surface area contributed by atoms with E-state index in [0.29, 0.717) is 5.56 Å². The van der Waals surface area contributed by atoms with Gasteiger partial charge in [-0.25, -0.2) is 8.78 Å². The van der Waals surface area contributed by atoms with E-state index >= 15 is 0 Å². The van der Waals surface area contributed by atoms with Crippen molar-refractivity contribution >= 4 is 39.2 Å². The zero-order valence-electron chi connectivity index (χ0n) is 13.9. The van der Waals surface area contributed by atoms with Gasteiger partial charge in [-0.05, 0) is 59.7 Å². The molecule has 2 aromatic carbocycles. The Kier molecular flexibility index (Phi) is 6.80. The molecule has 8 heteroatoms. The molecular weight excluding hydrogens is 426 g/mol. The number of hydrogen-bond donors (Lipinski definition) is 3. The van der Waals surface area contributed by atoms with Crippen LogP contribution in [0, 0.1) is 11.6 Å². The van der Waals surface area contributed by atoms with Crippen LogP contribution in [0.1, 0.15) is 29.3 Å². The first-order chi connectivity index (χ1) is 12.3. The van der Waals surface area contributed by atoms with Gasteiger partial charge in [-0.15, -0.1) is 0 Å². The van der Waals surface area contributed by atoms with Crippen molar-refractivity contribution in [3.63, 3.8) is 0 Å². The first-order valence-electron chi connectivity index (χ1n) is 7.71. The van der Waals surface area contributed by atoms with Crippen LogP contribution in [0.3, 0.4) is 0 Å². The van der Waals surface area contributed by atoms with Gasteiger partial charge >= 0.3 is 0 Å². The third kappa shape index (κ3) is 4.84. The predicted octanol–water partition coefficient (Wildman–Crippen LogP) is 3.63. The molecule has 0 fully saturated rings. The number of carbonyl (C=O) groups excluding carboxylic acids is 1. The average molecular weight is 443 g/mol. The van der Waals surface area contributed by atoms with Crippen LogP contribution in [-0.4, -0.2) is 22.7 Å². The fraction of sp³-hybridized carbons (Fsp3) is 0.222. The lowest BCUT2D eigenvalue weighted by molar-refractivity contribution is 0.0976. The molecule has 0 radical (unpaired) electrons. The lowest BCUT2D eigenvalue weighted by atomic mass is 9.88. The molecule has 0 saturated carbocycles. The minimum Gasteiger partial charge on any atom is -0.396 e. The number of carbonyl (C=O) groups is 1. The van der Waals surface area contributed by atoms with Crippen molar-refractivity contribution in [2.75, 3.05) is 6.61 Å². The molecule has 0 saturated heterocycles. The summed E-state index contributed by atoms with van der Waals surface area (Å²) in [4.78, 5) is 12.2. The van der Waals surface area contributed by atoms with Crippen molar-refractivity contribution in [1.29, 1.82) is 0 Å². The van der Waals surface area contributed by atoms with Crippen molar-refractivity contribution in [2.45, 2.75) is 18.9 Å². The van der Waals surface area contributed by atoms with E-state index in [0.717, 1.165) is 6.07 Å². The van der Waals surface area contributed by atoms with Gasteiger partial charge in [0.2, 0.25) is 0 Å². The largest absolute Gasteiger partial charge is 0.396 e. The summed E-state index contributed by atoms with van der Waals surface area (Å²) in [6, 6.07) is 10.5. The standard InChI is InChI=1S/C18H17BrF2N2O2S/c1-18(7-8-24,12-9-13(19)15(21)10-14(12)20)23-17(26)22-16(25)11-5-3-2-4-6-11/h2-6,9-10,24H,7-8H2,1H3,(H2,22,23,25,26). The SMILES string of the molecule is CC(CCO)(NC(=S)NC(=O)c1ccccc1)c1cc(Br)c(F)cc1F. The number of amides is 1. The number of rotatable bonds is 5. The molecule has 2 aromatic rings. The van der Waals surface area contributed by atoms with Gasteiger partial charge in [0.1, 0.15) is 11.6 Å². The van der Waals surface area contributed by atoms with Crippen LogP contribution in [0.5, 0.6) is 0 Å². The summed E-state index contributed by atoms with van der Waals surface area (Å²) in [6.45, 7) is 1.33. The fourth-order valence-corrected chi connectivity index (χ4v) is 3.14. The zero-order valence-corrected chi connectivity index (χ0v) is 16.3. The van der Waals surface area contributed by atoms with E-state index in [2.05, 4.69) is 26.6 Å². The van der Waals surface area contributed by atoms with E-state index in [1.165, 1.54) is 6.07 Å². The number of nitrogens with one attached hydrogen (secondary N) is 2. The molecular formula is C18H17BrF2N2O2S. The second-order valence-corrected chi connectivity index (χ2v) is 7.09. The molecule has 26 heavy (non-hydrogen) atoms. The maximum atomic E-state index is 14.3. The Morgan fingerprint density at radius 1 is 1.23 bits per heavy atom. The van der Waals surface area contributed by atoms with Crippen molar-refractivity contribution in [2.24, 2.45) is 0 Å². The number of aliphatic hydroxyl groups excluding tert-OH is 1. The summed E-state index contributed by atoms with van der Waals surface area (Å²) in [5, 5.41) is 14.7. The van der Waals surface area contributed by atoms with Crippen molar-refractivity contribution in [3.05, 3.63) is 69.7 Å². The highest BCUT2D eigenvalue weighted by molar-refractivity contribution is 9.10. The van der Waals surface area contributed by atoms with Gasteiger partial charge in [0.15, 0.2) is 5.11 Å². The van der Waals surface area contributed by atoms with Crippen molar-refractivity contribution in [1.82, 2.24) is 10.6 Å². The molecule has 1 unspecified atom stereocenters. The average Bonchev–Trinajstić information content (AvgIpc) is 2.58. The maximum absolute atomic E-state index is 14.3. The molecule has 0 aliphatic carbocycles. The van der Waals surface area contributed by atoms with Crippen LogP contribution in [0.15, 0.2) is 46.9 Å². The quantitative estimate of drug-likeness (QED) is 0.488. The van der Waals surface area contributed by atoms with Crippen LogP contribution < -0.4 is 10.6 Å².